The number of rotatable bonds is 6. The van der Waals surface area contributed by atoms with Crippen LogP contribution >= 0.6 is 0 Å². The Labute approximate surface area is 150 Å². The lowest BCUT2D eigenvalue weighted by molar-refractivity contribution is -0.125. The first-order chi connectivity index (χ1) is 12.0. The molecule has 0 aliphatic heterocycles. The average Bonchev–Trinajstić information content (AvgIpc) is 2.63. The van der Waals surface area contributed by atoms with Crippen LogP contribution < -0.4 is 4.74 Å². The van der Waals surface area contributed by atoms with Crippen molar-refractivity contribution in [3.8, 4) is 5.75 Å². The highest BCUT2D eigenvalue weighted by atomic mass is 16.5. The van der Waals surface area contributed by atoms with E-state index in [2.05, 4.69) is 55.4 Å². The molecule has 0 heterocycles. The van der Waals surface area contributed by atoms with Crippen LogP contribution in [-0.4, -0.2) is 38.4 Å². The highest BCUT2D eigenvalue weighted by molar-refractivity contribution is 5.93. The summed E-state index contributed by atoms with van der Waals surface area (Å²) in [7, 11) is 5.82. The molecular weight excluding hydrogens is 310 g/mol. The number of nitrogens with zero attached hydrogens (tertiary/aromatic N) is 1. The predicted octanol–water partition coefficient (Wildman–Crippen LogP) is 3.64. The molecule has 2 aromatic carbocycles. The molecule has 0 aromatic heterocycles. The van der Waals surface area contributed by atoms with E-state index < -0.39 is 5.41 Å². The molecule has 1 aliphatic rings. The number of ketones is 1. The Balaban J connectivity index is 2.10. The van der Waals surface area contributed by atoms with Gasteiger partial charge in [-0.2, -0.15) is 0 Å². The number of ether oxygens (including phenoxy) is 1. The first kappa shape index (κ1) is 17.7. The summed E-state index contributed by atoms with van der Waals surface area (Å²) in [6.07, 6.45) is 3.03. The summed E-state index contributed by atoms with van der Waals surface area (Å²) in [4.78, 5) is 15.4. The minimum atomic E-state index is -0.465. The molecular formula is C22H27NO2. The lowest BCUT2D eigenvalue weighted by Gasteiger charge is -2.39. The molecule has 0 radical (unpaired) electrons. The van der Waals surface area contributed by atoms with Gasteiger partial charge in [0.15, 0.2) is 0 Å². The summed E-state index contributed by atoms with van der Waals surface area (Å²) < 4.78 is 5.46. The fourth-order valence-electron chi connectivity index (χ4n) is 3.90. The first-order valence-electron chi connectivity index (χ1n) is 8.94. The van der Waals surface area contributed by atoms with Crippen LogP contribution in [0, 0.1) is 0 Å². The fraction of sp³-hybridized carbons (Fsp3) is 0.409. The summed E-state index contributed by atoms with van der Waals surface area (Å²) in [5, 5.41) is 0. The van der Waals surface area contributed by atoms with E-state index in [0.29, 0.717) is 12.2 Å². The number of hydrogen-bond acceptors (Lipinski definition) is 3. The van der Waals surface area contributed by atoms with Crippen LogP contribution in [-0.2, 0) is 23.1 Å². The lowest BCUT2D eigenvalue weighted by atomic mass is 9.64. The third-order valence-corrected chi connectivity index (χ3v) is 5.32. The smallest absolute Gasteiger partial charge is 0.144 e. The van der Waals surface area contributed by atoms with Gasteiger partial charge in [-0.3, -0.25) is 4.79 Å². The summed E-state index contributed by atoms with van der Waals surface area (Å²) in [6.45, 7) is 0.884. The van der Waals surface area contributed by atoms with Crippen molar-refractivity contribution in [1.82, 2.24) is 4.90 Å². The summed E-state index contributed by atoms with van der Waals surface area (Å²) >= 11 is 0. The van der Waals surface area contributed by atoms with Gasteiger partial charge in [0.05, 0.1) is 12.5 Å². The number of hydrogen-bond donors (Lipinski definition) is 0. The minimum absolute atomic E-state index is 0.360. The Bertz CT molecular complexity index is 739. The van der Waals surface area contributed by atoms with E-state index in [1.807, 2.05) is 12.1 Å². The van der Waals surface area contributed by atoms with Gasteiger partial charge in [0.1, 0.15) is 11.5 Å². The molecule has 2 aromatic rings. The number of Topliss-reactive ketones (excluding diaryl/α,β-unsaturated/α-hetero) is 1. The van der Waals surface area contributed by atoms with E-state index in [1.54, 1.807) is 7.11 Å². The third-order valence-electron chi connectivity index (χ3n) is 5.32. The van der Waals surface area contributed by atoms with Gasteiger partial charge in [-0.15, -0.1) is 0 Å². The zero-order valence-electron chi connectivity index (χ0n) is 15.4. The molecule has 0 spiro atoms. The number of aryl methyl sites for hydroxylation is 1. The van der Waals surface area contributed by atoms with Gasteiger partial charge < -0.3 is 9.64 Å². The normalized spacial score (nSPS) is 19.8. The van der Waals surface area contributed by atoms with Crippen molar-refractivity contribution < 1.29 is 9.53 Å². The van der Waals surface area contributed by atoms with Gasteiger partial charge in [0, 0.05) is 6.42 Å². The van der Waals surface area contributed by atoms with E-state index in [-0.39, 0.29) is 0 Å². The van der Waals surface area contributed by atoms with Crippen LogP contribution in [0.4, 0.5) is 0 Å². The van der Waals surface area contributed by atoms with Crippen molar-refractivity contribution in [3.63, 3.8) is 0 Å². The third kappa shape index (κ3) is 3.62. The molecule has 25 heavy (non-hydrogen) atoms. The Morgan fingerprint density at radius 2 is 1.84 bits per heavy atom. The molecule has 3 heteroatoms. The van der Waals surface area contributed by atoms with Crippen molar-refractivity contribution in [2.45, 2.75) is 31.1 Å². The molecule has 0 saturated heterocycles. The molecule has 1 atom stereocenters. The van der Waals surface area contributed by atoms with E-state index in [9.17, 15) is 4.79 Å². The molecule has 3 nitrogen and oxygen atoms in total. The number of benzene rings is 2. The van der Waals surface area contributed by atoms with Crippen LogP contribution in [0.25, 0.3) is 0 Å². The zero-order valence-corrected chi connectivity index (χ0v) is 15.4. The second-order valence-corrected chi connectivity index (χ2v) is 7.24. The summed E-state index contributed by atoms with van der Waals surface area (Å²) in [6, 6.07) is 16.6. The Hall–Kier alpha value is -2.13. The molecule has 3 rings (SSSR count). The summed E-state index contributed by atoms with van der Waals surface area (Å²) in [5.74, 6) is 1.19. The van der Waals surface area contributed by atoms with Gasteiger partial charge in [0.25, 0.3) is 0 Å². The molecule has 0 amide bonds. The number of carbonyl (C=O) groups excluding carboxylic acids is 1. The highest BCUT2D eigenvalue weighted by Crippen LogP contribution is 2.42. The monoisotopic (exact) mass is 337 g/mol. The number of carbonyl (C=O) groups is 1. The lowest BCUT2D eigenvalue weighted by Crippen LogP contribution is -2.44. The number of methoxy groups -OCH3 is 1. The predicted molar refractivity (Wildman–Crippen MR) is 101 cm³/mol. The van der Waals surface area contributed by atoms with E-state index in [1.165, 1.54) is 11.1 Å². The topological polar surface area (TPSA) is 29.5 Å². The molecule has 1 aliphatic carbocycles. The van der Waals surface area contributed by atoms with Crippen molar-refractivity contribution >= 4 is 5.78 Å². The standard InChI is InChI=1S/C22H27NO2/c1-23(2)14-13-22(16-17-7-5-4-6-8-17)20-15-19(25-3)11-9-18(20)10-12-21(22)24/h4-9,11,15H,10,12-14,16H2,1-3H3. The van der Waals surface area contributed by atoms with Crippen molar-refractivity contribution in [1.29, 1.82) is 0 Å². The molecule has 132 valence electrons. The SMILES string of the molecule is COc1ccc2c(c1)C(CCN(C)C)(Cc1ccccc1)C(=O)CC2. The molecule has 0 N–H and O–H groups in total. The van der Waals surface area contributed by atoms with Crippen LogP contribution in [0.2, 0.25) is 0 Å². The second-order valence-electron chi connectivity index (χ2n) is 7.24. The fourth-order valence-corrected chi connectivity index (χ4v) is 3.90. The largest absolute Gasteiger partial charge is 0.497 e. The molecule has 0 fully saturated rings. The number of fused-ring (bicyclic) bond motifs is 1. The Kier molecular flexibility index (Phi) is 5.24. The maximum absolute atomic E-state index is 13.2. The van der Waals surface area contributed by atoms with Crippen LogP contribution in [0.1, 0.15) is 29.5 Å². The van der Waals surface area contributed by atoms with Crippen LogP contribution in [0.15, 0.2) is 48.5 Å². The summed E-state index contributed by atoms with van der Waals surface area (Å²) in [5.41, 5.74) is 3.20. The second kappa shape index (κ2) is 7.40. The van der Waals surface area contributed by atoms with Gasteiger partial charge in [-0.25, -0.2) is 0 Å². The maximum Gasteiger partial charge on any atom is 0.144 e. The quantitative estimate of drug-likeness (QED) is 0.806. The molecule has 0 bridgehead atoms. The van der Waals surface area contributed by atoms with Crippen LogP contribution in [0.5, 0.6) is 5.75 Å². The van der Waals surface area contributed by atoms with Gasteiger partial charge in [-0.1, -0.05) is 36.4 Å². The highest BCUT2D eigenvalue weighted by Gasteiger charge is 2.43. The van der Waals surface area contributed by atoms with Gasteiger partial charge >= 0.3 is 0 Å². The maximum atomic E-state index is 13.2. The molecule has 1 unspecified atom stereocenters. The molecule has 0 saturated carbocycles. The Morgan fingerprint density at radius 1 is 1.08 bits per heavy atom. The van der Waals surface area contributed by atoms with Crippen LogP contribution in [0.3, 0.4) is 0 Å². The zero-order chi connectivity index (χ0) is 17.9. The van der Waals surface area contributed by atoms with E-state index >= 15 is 0 Å². The Morgan fingerprint density at radius 3 is 2.52 bits per heavy atom. The van der Waals surface area contributed by atoms with Gasteiger partial charge in [0.2, 0.25) is 0 Å². The van der Waals surface area contributed by atoms with Crippen molar-refractivity contribution in [2.75, 3.05) is 27.7 Å². The van der Waals surface area contributed by atoms with Gasteiger partial charge in [-0.05, 0) is 68.7 Å². The van der Waals surface area contributed by atoms with Crippen molar-refractivity contribution in [3.05, 3.63) is 65.2 Å². The van der Waals surface area contributed by atoms with Crippen molar-refractivity contribution in [2.24, 2.45) is 0 Å². The average molecular weight is 337 g/mol. The first-order valence-corrected chi connectivity index (χ1v) is 8.94. The minimum Gasteiger partial charge on any atom is -0.497 e. The van der Waals surface area contributed by atoms with E-state index in [4.69, 9.17) is 4.74 Å². The van der Waals surface area contributed by atoms with E-state index in [0.717, 1.165) is 37.1 Å².